The Morgan fingerprint density at radius 2 is 1.46 bits per heavy atom. The van der Waals surface area contributed by atoms with Crippen LogP contribution in [0, 0.1) is 0 Å². The van der Waals surface area contributed by atoms with Gasteiger partial charge in [-0.2, -0.15) is 0 Å². The van der Waals surface area contributed by atoms with E-state index in [0.717, 1.165) is 12.2 Å². The molecule has 5 heteroatoms. The fraction of sp³-hybridized carbons (Fsp3) is 0.348. The lowest BCUT2D eigenvalue weighted by Crippen LogP contribution is -2.26. The van der Waals surface area contributed by atoms with E-state index >= 15 is 0 Å². The van der Waals surface area contributed by atoms with Crippen molar-refractivity contribution in [3.8, 4) is 0 Å². The second-order valence-electron chi connectivity index (χ2n) is 8.04. The molecule has 1 atom stereocenters. The molecule has 1 aliphatic carbocycles. The molecule has 2 fully saturated rings. The maximum Gasteiger partial charge on any atom is 0.150 e. The fourth-order valence-corrected chi connectivity index (χ4v) is 6.38. The first kappa shape index (κ1) is 17.7. The Kier molecular flexibility index (Phi) is 4.16. The van der Waals surface area contributed by atoms with Crippen LogP contribution in [0.2, 0.25) is 0 Å². The van der Waals surface area contributed by atoms with Crippen molar-refractivity contribution in [1.29, 1.82) is 0 Å². The van der Waals surface area contributed by atoms with Crippen LogP contribution in [0.4, 0.5) is 0 Å². The molecule has 2 aliphatic rings. The highest BCUT2D eigenvalue weighted by atomic mass is 32.2. The van der Waals surface area contributed by atoms with Crippen LogP contribution in [-0.4, -0.2) is 29.5 Å². The number of nitrogens with zero attached hydrogens (tertiary/aromatic N) is 2. The minimum absolute atomic E-state index is 0.0492. The molecule has 1 saturated carbocycles. The molecule has 2 heterocycles. The lowest BCUT2D eigenvalue weighted by molar-refractivity contribution is 0.434. The molecule has 2 aromatic carbocycles. The van der Waals surface area contributed by atoms with Crippen molar-refractivity contribution >= 4 is 9.84 Å². The molecule has 1 aliphatic heterocycles. The molecular formula is C23H24N2O2S. The molecule has 144 valence electrons. The second-order valence-corrected chi connectivity index (χ2v) is 10.3. The summed E-state index contributed by atoms with van der Waals surface area (Å²) in [7, 11) is -2.87. The van der Waals surface area contributed by atoms with Crippen molar-refractivity contribution in [1.82, 2.24) is 9.55 Å². The highest BCUT2D eigenvalue weighted by Gasteiger charge is 2.59. The Balaban J connectivity index is 1.52. The van der Waals surface area contributed by atoms with E-state index in [4.69, 9.17) is 4.98 Å². The summed E-state index contributed by atoms with van der Waals surface area (Å²) in [5, 5.41) is 0. The van der Waals surface area contributed by atoms with E-state index in [0.29, 0.717) is 18.8 Å². The average Bonchev–Trinajstić information content (AvgIpc) is 3.30. The zero-order chi connectivity index (χ0) is 19.2. The van der Waals surface area contributed by atoms with Crippen LogP contribution in [0.5, 0.6) is 0 Å². The van der Waals surface area contributed by atoms with Crippen LogP contribution in [0.3, 0.4) is 0 Å². The largest absolute Gasteiger partial charge is 0.332 e. The average molecular weight is 393 g/mol. The van der Waals surface area contributed by atoms with E-state index in [9.17, 15) is 8.42 Å². The molecule has 1 unspecified atom stereocenters. The smallest absolute Gasteiger partial charge is 0.150 e. The molecule has 0 bridgehead atoms. The number of hydrogen-bond acceptors (Lipinski definition) is 3. The third kappa shape index (κ3) is 2.89. The van der Waals surface area contributed by atoms with Crippen molar-refractivity contribution in [3.63, 3.8) is 0 Å². The van der Waals surface area contributed by atoms with E-state index in [2.05, 4.69) is 65.2 Å². The van der Waals surface area contributed by atoms with Crippen molar-refractivity contribution in [2.45, 2.75) is 36.6 Å². The van der Waals surface area contributed by atoms with Gasteiger partial charge in [0, 0.05) is 29.8 Å². The van der Waals surface area contributed by atoms with Gasteiger partial charge in [0.05, 0.1) is 11.5 Å². The van der Waals surface area contributed by atoms with Gasteiger partial charge in [-0.1, -0.05) is 60.7 Å². The predicted molar refractivity (Wildman–Crippen MR) is 110 cm³/mol. The van der Waals surface area contributed by atoms with Crippen LogP contribution >= 0.6 is 0 Å². The number of aromatic nitrogens is 2. The predicted octanol–water partition coefficient (Wildman–Crippen LogP) is 4.11. The van der Waals surface area contributed by atoms with E-state index in [-0.39, 0.29) is 23.0 Å². The van der Waals surface area contributed by atoms with Crippen LogP contribution in [0.25, 0.3) is 0 Å². The Bertz CT molecular complexity index is 1020. The third-order valence-corrected chi connectivity index (χ3v) is 8.18. The summed E-state index contributed by atoms with van der Waals surface area (Å²) in [4.78, 5) is 4.75. The number of sulfone groups is 1. The highest BCUT2D eigenvalue weighted by molar-refractivity contribution is 7.91. The summed E-state index contributed by atoms with van der Waals surface area (Å²) >= 11 is 0. The Morgan fingerprint density at radius 1 is 0.893 bits per heavy atom. The first-order chi connectivity index (χ1) is 13.6. The zero-order valence-corrected chi connectivity index (χ0v) is 16.6. The standard InChI is InChI=1S/C23H24N2O2S/c26-28(27)15-11-20(12-16-28)25-14-13-24-22(25)21-17-23(21,18-7-3-1-4-8-18)19-9-5-2-6-10-19/h1-10,13-14,20-21H,11-12,15-17H2. The van der Waals surface area contributed by atoms with E-state index in [1.54, 1.807) is 0 Å². The minimum Gasteiger partial charge on any atom is -0.332 e. The van der Waals surface area contributed by atoms with Gasteiger partial charge in [-0.15, -0.1) is 0 Å². The molecule has 28 heavy (non-hydrogen) atoms. The first-order valence-corrected chi connectivity index (χ1v) is 11.8. The number of hydrogen-bond donors (Lipinski definition) is 0. The van der Waals surface area contributed by atoms with Gasteiger partial charge in [0.2, 0.25) is 0 Å². The normalized spacial score (nSPS) is 23.4. The fourth-order valence-electron chi connectivity index (χ4n) is 4.91. The van der Waals surface area contributed by atoms with Gasteiger partial charge in [-0.3, -0.25) is 0 Å². The van der Waals surface area contributed by atoms with Gasteiger partial charge in [0.25, 0.3) is 0 Å². The molecule has 0 spiro atoms. The summed E-state index contributed by atoms with van der Waals surface area (Å²) < 4.78 is 25.9. The Labute approximate surface area is 166 Å². The maximum absolute atomic E-state index is 11.8. The summed E-state index contributed by atoms with van der Waals surface area (Å²) in [5.41, 5.74) is 2.60. The van der Waals surface area contributed by atoms with Gasteiger partial charge >= 0.3 is 0 Å². The summed E-state index contributed by atoms with van der Waals surface area (Å²) in [6.45, 7) is 0. The summed E-state index contributed by atoms with van der Waals surface area (Å²) in [5.74, 6) is 1.97. The summed E-state index contributed by atoms with van der Waals surface area (Å²) in [6.07, 6.45) is 6.31. The van der Waals surface area contributed by atoms with Crippen LogP contribution in [0.15, 0.2) is 73.1 Å². The number of benzene rings is 2. The molecule has 1 saturated heterocycles. The van der Waals surface area contributed by atoms with Gasteiger partial charge in [0.15, 0.2) is 0 Å². The van der Waals surface area contributed by atoms with Gasteiger partial charge in [-0.05, 0) is 30.4 Å². The van der Waals surface area contributed by atoms with E-state index in [1.165, 1.54) is 11.1 Å². The molecule has 4 nitrogen and oxygen atoms in total. The SMILES string of the molecule is O=S1(=O)CCC(n2ccnc2C2CC2(c2ccccc2)c2ccccc2)CC1. The number of rotatable bonds is 4. The van der Waals surface area contributed by atoms with Gasteiger partial charge in [-0.25, -0.2) is 13.4 Å². The molecule has 0 radical (unpaired) electrons. The molecule has 3 aromatic rings. The van der Waals surface area contributed by atoms with Crippen LogP contribution < -0.4 is 0 Å². The Morgan fingerprint density at radius 3 is 2.04 bits per heavy atom. The molecule has 1 aromatic heterocycles. The van der Waals surface area contributed by atoms with Crippen molar-refractivity contribution in [2.75, 3.05) is 11.5 Å². The topological polar surface area (TPSA) is 52.0 Å². The highest BCUT2D eigenvalue weighted by Crippen LogP contribution is 2.64. The minimum atomic E-state index is -2.87. The maximum atomic E-state index is 11.8. The van der Waals surface area contributed by atoms with Gasteiger partial charge in [0.1, 0.15) is 15.7 Å². The van der Waals surface area contributed by atoms with Crippen molar-refractivity contribution in [3.05, 3.63) is 90.0 Å². The molecular weight excluding hydrogens is 368 g/mol. The molecule has 5 rings (SSSR count). The van der Waals surface area contributed by atoms with Gasteiger partial charge < -0.3 is 4.57 Å². The Hall–Kier alpha value is -2.40. The quantitative estimate of drug-likeness (QED) is 0.671. The molecule has 0 N–H and O–H groups in total. The summed E-state index contributed by atoms with van der Waals surface area (Å²) in [6, 6.07) is 21.6. The lowest BCUT2D eigenvalue weighted by atomic mass is 9.85. The van der Waals surface area contributed by atoms with E-state index in [1.807, 2.05) is 12.4 Å². The second kappa shape index (κ2) is 6.59. The van der Waals surface area contributed by atoms with Crippen molar-refractivity contribution in [2.24, 2.45) is 0 Å². The van der Waals surface area contributed by atoms with Crippen molar-refractivity contribution < 1.29 is 8.42 Å². The number of imidazole rings is 1. The lowest BCUT2D eigenvalue weighted by Gasteiger charge is -2.26. The van der Waals surface area contributed by atoms with E-state index < -0.39 is 9.84 Å². The monoisotopic (exact) mass is 392 g/mol. The third-order valence-electron chi connectivity index (χ3n) is 6.47. The zero-order valence-electron chi connectivity index (χ0n) is 15.7. The van der Waals surface area contributed by atoms with Crippen LogP contribution in [-0.2, 0) is 15.3 Å². The molecule has 0 amide bonds. The first-order valence-electron chi connectivity index (χ1n) is 9.94. The van der Waals surface area contributed by atoms with Crippen LogP contribution in [0.1, 0.15) is 48.2 Å².